The smallest absolute Gasteiger partial charge is 0.227 e. The average molecular weight is 545 g/mol. The van der Waals surface area contributed by atoms with E-state index in [9.17, 15) is 4.79 Å². The SMILES string of the molecule is CN=C(NCC(C)Cn1cccn1)N1CCN(C(=O)Cc2cccc(Cl)c2)CC1.I. The van der Waals surface area contributed by atoms with Crippen LogP contribution in [0.5, 0.6) is 0 Å². The first-order valence-electron chi connectivity index (χ1n) is 10.0. The van der Waals surface area contributed by atoms with E-state index in [0.717, 1.165) is 37.7 Å². The third-order valence-electron chi connectivity index (χ3n) is 5.05. The van der Waals surface area contributed by atoms with Gasteiger partial charge < -0.3 is 15.1 Å². The van der Waals surface area contributed by atoms with Gasteiger partial charge in [-0.1, -0.05) is 30.7 Å². The third kappa shape index (κ3) is 7.16. The molecule has 1 aromatic carbocycles. The van der Waals surface area contributed by atoms with Gasteiger partial charge in [0.05, 0.1) is 6.42 Å². The fraction of sp³-hybridized carbons (Fsp3) is 0.476. The molecule has 2 aromatic rings. The van der Waals surface area contributed by atoms with E-state index in [4.69, 9.17) is 11.6 Å². The van der Waals surface area contributed by atoms with Crippen LogP contribution in [0.15, 0.2) is 47.7 Å². The van der Waals surface area contributed by atoms with Crippen molar-refractivity contribution in [2.24, 2.45) is 10.9 Å². The minimum Gasteiger partial charge on any atom is -0.356 e. The van der Waals surface area contributed by atoms with Crippen molar-refractivity contribution in [2.75, 3.05) is 39.8 Å². The standard InChI is InChI=1S/C21H29ClN6O.HI/c1-17(16-28-8-4-7-25-28)15-24-21(23-2)27-11-9-26(10-12-27)20(29)14-18-5-3-6-19(22)13-18;/h3-8,13,17H,9-12,14-16H2,1-2H3,(H,23,24);1H. The Morgan fingerprint density at radius 1 is 1.23 bits per heavy atom. The van der Waals surface area contributed by atoms with E-state index in [2.05, 4.69) is 27.2 Å². The van der Waals surface area contributed by atoms with Gasteiger partial charge in [0.25, 0.3) is 0 Å². The molecular formula is C21H30ClIN6O. The molecule has 0 radical (unpaired) electrons. The molecule has 1 unspecified atom stereocenters. The van der Waals surface area contributed by atoms with Crippen molar-refractivity contribution >= 4 is 47.4 Å². The summed E-state index contributed by atoms with van der Waals surface area (Å²) < 4.78 is 1.94. The van der Waals surface area contributed by atoms with Crippen LogP contribution in [0.3, 0.4) is 0 Å². The number of aliphatic imine (C=N–C) groups is 1. The van der Waals surface area contributed by atoms with Gasteiger partial charge in [-0.2, -0.15) is 5.10 Å². The van der Waals surface area contributed by atoms with E-state index >= 15 is 0 Å². The topological polar surface area (TPSA) is 65.8 Å². The van der Waals surface area contributed by atoms with Gasteiger partial charge in [0.15, 0.2) is 5.96 Å². The van der Waals surface area contributed by atoms with E-state index in [1.54, 1.807) is 13.2 Å². The maximum atomic E-state index is 12.6. The molecule has 9 heteroatoms. The Morgan fingerprint density at radius 3 is 2.60 bits per heavy atom. The van der Waals surface area contributed by atoms with Crippen molar-refractivity contribution < 1.29 is 4.79 Å². The van der Waals surface area contributed by atoms with Crippen LogP contribution in [0.25, 0.3) is 0 Å². The molecule has 1 atom stereocenters. The Labute approximate surface area is 200 Å². The molecule has 2 heterocycles. The number of hydrogen-bond donors (Lipinski definition) is 1. The predicted octanol–water partition coefficient (Wildman–Crippen LogP) is 2.75. The Morgan fingerprint density at radius 2 is 1.97 bits per heavy atom. The van der Waals surface area contributed by atoms with Crippen LogP contribution in [-0.4, -0.2) is 71.2 Å². The third-order valence-corrected chi connectivity index (χ3v) is 5.29. The molecule has 1 N–H and O–H groups in total. The molecule has 1 aliphatic rings. The summed E-state index contributed by atoms with van der Waals surface area (Å²) in [6.45, 7) is 6.81. The predicted molar refractivity (Wildman–Crippen MR) is 131 cm³/mol. The van der Waals surface area contributed by atoms with Gasteiger partial charge in [-0.15, -0.1) is 24.0 Å². The fourth-order valence-corrected chi connectivity index (χ4v) is 3.70. The number of aromatic nitrogens is 2. The zero-order chi connectivity index (χ0) is 20.6. The summed E-state index contributed by atoms with van der Waals surface area (Å²) in [5.41, 5.74) is 0.952. The van der Waals surface area contributed by atoms with Gasteiger partial charge in [0.2, 0.25) is 5.91 Å². The van der Waals surface area contributed by atoms with Gasteiger partial charge in [0.1, 0.15) is 0 Å². The highest BCUT2D eigenvalue weighted by atomic mass is 127. The molecule has 1 aliphatic heterocycles. The van der Waals surface area contributed by atoms with E-state index in [1.807, 2.05) is 46.1 Å². The number of halogens is 2. The van der Waals surface area contributed by atoms with E-state index in [1.165, 1.54) is 0 Å². The lowest BCUT2D eigenvalue weighted by molar-refractivity contribution is -0.131. The van der Waals surface area contributed by atoms with Gasteiger partial charge >= 0.3 is 0 Å². The molecule has 7 nitrogen and oxygen atoms in total. The first kappa shape index (κ1) is 24.5. The Kier molecular flexibility index (Phi) is 9.90. The summed E-state index contributed by atoms with van der Waals surface area (Å²) in [5.74, 6) is 1.45. The molecule has 1 amide bonds. The van der Waals surface area contributed by atoms with Gasteiger partial charge in [-0.3, -0.25) is 14.5 Å². The quantitative estimate of drug-likeness (QED) is 0.345. The largest absolute Gasteiger partial charge is 0.356 e. The number of carbonyl (C=O) groups is 1. The molecule has 0 spiro atoms. The fourth-order valence-electron chi connectivity index (χ4n) is 3.49. The maximum absolute atomic E-state index is 12.6. The van der Waals surface area contributed by atoms with Crippen LogP contribution in [-0.2, 0) is 17.8 Å². The number of nitrogens with zero attached hydrogens (tertiary/aromatic N) is 5. The van der Waals surface area contributed by atoms with E-state index in [-0.39, 0.29) is 29.9 Å². The monoisotopic (exact) mass is 544 g/mol. The van der Waals surface area contributed by atoms with Crippen LogP contribution in [0.4, 0.5) is 0 Å². The molecule has 1 aromatic heterocycles. The number of carbonyl (C=O) groups excluding carboxylic acids is 1. The van der Waals surface area contributed by atoms with Crippen LogP contribution in [0.1, 0.15) is 12.5 Å². The molecule has 30 heavy (non-hydrogen) atoms. The number of benzene rings is 1. The molecule has 1 fully saturated rings. The van der Waals surface area contributed by atoms with Crippen molar-refractivity contribution in [1.82, 2.24) is 24.9 Å². The van der Waals surface area contributed by atoms with Crippen LogP contribution >= 0.6 is 35.6 Å². The number of guanidine groups is 1. The van der Waals surface area contributed by atoms with Crippen molar-refractivity contribution in [1.29, 1.82) is 0 Å². The Balaban J connectivity index is 0.00000320. The lowest BCUT2D eigenvalue weighted by Crippen LogP contribution is -2.54. The molecule has 1 saturated heterocycles. The summed E-state index contributed by atoms with van der Waals surface area (Å²) in [5, 5.41) is 8.38. The molecule has 0 bridgehead atoms. The minimum absolute atomic E-state index is 0. The van der Waals surface area contributed by atoms with Crippen molar-refractivity contribution in [3.05, 3.63) is 53.3 Å². The average Bonchev–Trinajstić information content (AvgIpc) is 3.22. The maximum Gasteiger partial charge on any atom is 0.227 e. The summed E-state index contributed by atoms with van der Waals surface area (Å²) in [7, 11) is 1.80. The number of piperazine rings is 1. The second kappa shape index (κ2) is 12.1. The normalized spacial score (nSPS) is 15.5. The van der Waals surface area contributed by atoms with E-state index in [0.29, 0.717) is 30.5 Å². The Bertz CT molecular complexity index is 821. The number of rotatable bonds is 6. The van der Waals surface area contributed by atoms with Gasteiger partial charge in [-0.05, 0) is 29.7 Å². The second-order valence-electron chi connectivity index (χ2n) is 7.44. The zero-order valence-electron chi connectivity index (χ0n) is 17.5. The number of hydrogen-bond acceptors (Lipinski definition) is 3. The summed E-state index contributed by atoms with van der Waals surface area (Å²) in [4.78, 5) is 21.2. The highest BCUT2D eigenvalue weighted by Gasteiger charge is 2.23. The van der Waals surface area contributed by atoms with Crippen molar-refractivity contribution in [2.45, 2.75) is 19.9 Å². The molecule has 0 aliphatic carbocycles. The molecule has 164 valence electrons. The lowest BCUT2D eigenvalue weighted by atomic mass is 10.1. The van der Waals surface area contributed by atoms with Gasteiger partial charge in [0, 0.05) is 63.7 Å². The Hall–Kier alpha value is -1.81. The van der Waals surface area contributed by atoms with Crippen molar-refractivity contribution in [3.8, 4) is 0 Å². The number of nitrogens with one attached hydrogen (secondary N) is 1. The second-order valence-corrected chi connectivity index (χ2v) is 7.87. The number of amides is 1. The van der Waals surface area contributed by atoms with Crippen LogP contribution < -0.4 is 5.32 Å². The zero-order valence-corrected chi connectivity index (χ0v) is 20.6. The first-order valence-corrected chi connectivity index (χ1v) is 10.4. The van der Waals surface area contributed by atoms with Crippen LogP contribution in [0, 0.1) is 5.92 Å². The summed E-state index contributed by atoms with van der Waals surface area (Å²) in [6, 6.07) is 9.43. The van der Waals surface area contributed by atoms with Crippen LogP contribution in [0.2, 0.25) is 5.02 Å². The highest BCUT2D eigenvalue weighted by Crippen LogP contribution is 2.13. The molecule has 0 saturated carbocycles. The van der Waals surface area contributed by atoms with Crippen molar-refractivity contribution in [3.63, 3.8) is 0 Å². The molecular weight excluding hydrogens is 515 g/mol. The summed E-state index contributed by atoms with van der Waals surface area (Å²) >= 11 is 6.02. The van der Waals surface area contributed by atoms with E-state index < -0.39 is 0 Å². The molecule has 3 rings (SSSR count). The first-order chi connectivity index (χ1) is 14.0. The minimum atomic E-state index is 0. The summed E-state index contributed by atoms with van der Waals surface area (Å²) in [6.07, 6.45) is 4.16. The van der Waals surface area contributed by atoms with Gasteiger partial charge in [-0.25, -0.2) is 0 Å². The highest BCUT2D eigenvalue weighted by molar-refractivity contribution is 14.0. The lowest BCUT2D eigenvalue weighted by Gasteiger charge is -2.36.